The number of hydrogen-bond acceptors (Lipinski definition) is 6. The van der Waals surface area contributed by atoms with Crippen LogP contribution in [0.1, 0.15) is 258 Å². The number of carbonyl (C=O) groups is 3. The summed E-state index contributed by atoms with van der Waals surface area (Å²) in [4.78, 5) is 38.3. The molecule has 0 aromatic carbocycles. The maximum Gasteiger partial charge on any atom is 0.306 e. The van der Waals surface area contributed by atoms with Gasteiger partial charge in [0.25, 0.3) is 0 Å². The summed E-state index contributed by atoms with van der Waals surface area (Å²) in [6.07, 6.45) is 97.8. The first-order valence-electron chi connectivity index (χ1n) is 32.1. The quantitative estimate of drug-likeness (QED) is 0.0261. The van der Waals surface area contributed by atoms with Gasteiger partial charge in [0.15, 0.2) is 6.10 Å². The van der Waals surface area contributed by atoms with Gasteiger partial charge < -0.3 is 14.2 Å². The lowest BCUT2D eigenvalue weighted by atomic mass is 10.1. The number of rotatable bonds is 56. The van der Waals surface area contributed by atoms with Gasteiger partial charge in [-0.2, -0.15) is 0 Å². The molecule has 80 heavy (non-hydrogen) atoms. The number of unbranched alkanes of at least 4 members (excludes halogenated alkanes) is 17. The van der Waals surface area contributed by atoms with Crippen molar-refractivity contribution in [1.82, 2.24) is 0 Å². The van der Waals surface area contributed by atoms with Gasteiger partial charge in [-0.15, -0.1) is 0 Å². The highest BCUT2D eigenvalue weighted by molar-refractivity contribution is 5.71. The van der Waals surface area contributed by atoms with Gasteiger partial charge in [0, 0.05) is 19.3 Å². The molecule has 0 amide bonds. The highest BCUT2D eigenvalue weighted by atomic mass is 16.6. The Kier molecular flexibility index (Phi) is 61.9. The van der Waals surface area contributed by atoms with Gasteiger partial charge in [0.2, 0.25) is 0 Å². The van der Waals surface area contributed by atoms with E-state index in [2.05, 4.69) is 191 Å². The zero-order valence-corrected chi connectivity index (χ0v) is 51.3. The van der Waals surface area contributed by atoms with Crippen molar-refractivity contribution in [3.63, 3.8) is 0 Å². The molecule has 0 fully saturated rings. The monoisotopic (exact) mass is 1100 g/mol. The van der Waals surface area contributed by atoms with Crippen molar-refractivity contribution in [2.24, 2.45) is 0 Å². The molecule has 0 heterocycles. The summed E-state index contributed by atoms with van der Waals surface area (Å²) in [6, 6.07) is 0. The van der Waals surface area contributed by atoms with Gasteiger partial charge in [0.1, 0.15) is 13.2 Å². The average molecular weight is 1100 g/mol. The second kappa shape index (κ2) is 66.3. The van der Waals surface area contributed by atoms with Crippen LogP contribution in [0.3, 0.4) is 0 Å². The van der Waals surface area contributed by atoms with Crippen LogP contribution in [0.4, 0.5) is 0 Å². The van der Waals surface area contributed by atoms with E-state index in [-0.39, 0.29) is 31.1 Å². The fraction of sp³-hybridized carbons (Fsp3) is 0.581. The smallest absolute Gasteiger partial charge is 0.306 e. The van der Waals surface area contributed by atoms with E-state index in [0.29, 0.717) is 19.3 Å². The molecule has 0 radical (unpaired) electrons. The third-order valence-electron chi connectivity index (χ3n) is 12.9. The third kappa shape index (κ3) is 63.6. The first-order chi connectivity index (χ1) is 39.5. The minimum Gasteiger partial charge on any atom is -0.462 e. The Morgan fingerprint density at radius 2 is 0.487 bits per heavy atom. The molecule has 0 aromatic heterocycles. The molecule has 0 aromatic rings. The molecule has 0 saturated carbocycles. The Labute approximate surface area is 492 Å². The summed E-state index contributed by atoms with van der Waals surface area (Å²) in [5.74, 6) is -0.971. The molecule has 0 N–H and O–H groups in total. The van der Waals surface area contributed by atoms with Gasteiger partial charge >= 0.3 is 17.9 Å². The van der Waals surface area contributed by atoms with Crippen LogP contribution >= 0.6 is 0 Å². The summed E-state index contributed by atoms with van der Waals surface area (Å²) < 4.78 is 16.9. The average Bonchev–Trinajstić information content (AvgIpc) is 3.46. The lowest BCUT2D eigenvalue weighted by Crippen LogP contribution is -2.30. The molecule has 1 atom stereocenters. The normalized spacial score (nSPS) is 13.3. The first-order valence-corrected chi connectivity index (χ1v) is 32.1. The first kappa shape index (κ1) is 74.8. The SMILES string of the molecule is CC/C=C\C/C=C\C/C=C\C/C=C\C/C=C\C/C=C\C/C=C\CCCCCC(=O)OCC(COC(=O)CCCCCCC/C=C\C/C=C\CCCC)OC(=O)CCCCCCCCC/C=C\C/C=C\C/C=C\C/C=C\C/C=C\CC. The van der Waals surface area contributed by atoms with Gasteiger partial charge in [-0.05, 0) is 148 Å². The van der Waals surface area contributed by atoms with Crippen molar-refractivity contribution >= 4 is 17.9 Å². The number of carbonyl (C=O) groups excluding carboxylic acids is 3. The van der Waals surface area contributed by atoms with E-state index in [1.54, 1.807) is 0 Å². The zero-order valence-electron chi connectivity index (χ0n) is 51.3. The molecule has 0 aliphatic heterocycles. The van der Waals surface area contributed by atoms with Crippen LogP contribution in [-0.2, 0) is 28.6 Å². The van der Waals surface area contributed by atoms with E-state index >= 15 is 0 Å². The fourth-order valence-corrected chi connectivity index (χ4v) is 8.17. The van der Waals surface area contributed by atoms with Crippen molar-refractivity contribution in [1.29, 1.82) is 0 Å². The lowest BCUT2D eigenvalue weighted by molar-refractivity contribution is -0.167. The number of hydrogen-bond donors (Lipinski definition) is 0. The van der Waals surface area contributed by atoms with Crippen molar-refractivity contribution in [3.05, 3.63) is 170 Å². The van der Waals surface area contributed by atoms with Crippen LogP contribution in [0, 0.1) is 0 Å². The topological polar surface area (TPSA) is 78.9 Å². The molecule has 0 rings (SSSR count). The van der Waals surface area contributed by atoms with Crippen molar-refractivity contribution in [2.75, 3.05) is 13.2 Å². The van der Waals surface area contributed by atoms with Gasteiger partial charge in [-0.3, -0.25) is 14.4 Å². The second-order valence-electron chi connectivity index (χ2n) is 20.5. The highest BCUT2D eigenvalue weighted by Gasteiger charge is 2.19. The van der Waals surface area contributed by atoms with Crippen LogP contribution in [0.15, 0.2) is 170 Å². The second-order valence-corrected chi connectivity index (χ2v) is 20.5. The molecule has 1 unspecified atom stereocenters. The maximum atomic E-state index is 12.9. The maximum absolute atomic E-state index is 12.9. The summed E-state index contributed by atoms with van der Waals surface area (Å²) in [5.41, 5.74) is 0. The van der Waals surface area contributed by atoms with Gasteiger partial charge in [-0.1, -0.05) is 262 Å². The van der Waals surface area contributed by atoms with Crippen LogP contribution in [0.2, 0.25) is 0 Å². The predicted molar refractivity (Wildman–Crippen MR) is 348 cm³/mol. The van der Waals surface area contributed by atoms with E-state index in [0.717, 1.165) is 180 Å². The van der Waals surface area contributed by atoms with Crippen molar-refractivity contribution < 1.29 is 28.6 Å². The standard InChI is InChI=1S/C74H116O6/c1-4-7-10-13-16-19-22-25-28-30-32-34-36-37-39-40-42-44-46-49-52-55-58-61-64-67-73(76)79-70-71(69-78-72(75)66-63-60-57-54-51-48-27-24-21-18-15-12-9-6-3)80-74(77)68-65-62-59-56-53-50-47-45-43-41-38-35-33-31-29-26-23-20-17-14-11-8-5-2/h7-8,10-11,15-20,24-29,32-35,37,39,41-44,49,52,71H,4-6,9,12-14,21-23,30-31,36,38,40,45-48,50-51,53-70H2,1-3H3/b10-7-,11-8-,18-15-,19-16-,20-17-,27-24-,28-25-,29-26-,34-32-,35-33-,39-37-,43-41-,44-42-,52-49-. The summed E-state index contributed by atoms with van der Waals surface area (Å²) >= 11 is 0. The molecule has 448 valence electrons. The number of ether oxygens (including phenoxy) is 3. The molecular formula is C74H116O6. The van der Waals surface area contributed by atoms with E-state index in [9.17, 15) is 14.4 Å². The summed E-state index contributed by atoms with van der Waals surface area (Å²) in [6.45, 7) is 6.32. The Morgan fingerprint density at radius 1 is 0.263 bits per heavy atom. The Morgan fingerprint density at radius 3 is 0.775 bits per heavy atom. The molecule has 0 saturated heterocycles. The third-order valence-corrected chi connectivity index (χ3v) is 12.9. The Hall–Kier alpha value is -5.23. The summed E-state index contributed by atoms with van der Waals surface area (Å²) in [7, 11) is 0. The molecule has 0 spiro atoms. The fourth-order valence-electron chi connectivity index (χ4n) is 8.17. The van der Waals surface area contributed by atoms with E-state index in [1.165, 1.54) is 38.5 Å². The Balaban J connectivity index is 4.50. The summed E-state index contributed by atoms with van der Waals surface area (Å²) in [5, 5.41) is 0. The van der Waals surface area contributed by atoms with E-state index in [1.807, 2.05) is 0 Å². The van der Waals surface area contributed by atoms with E-state index in [4.69, 9.17) is 14.2 Å². The van der Waals surface area contributed by atoms with Crippen molar-refractivity contribution in [3.8, 4) is 0 Å². The number of esters is 3. The minimum atomic E-state index is -0.815. The molecule has 6 heteroatoms. The van der Waals surface area contributed by atoms with Gasteiger partial charge in [-0.25, -0.2) is 0 Å². The zero-order chi connectivity index (χ0) is 57.8. The molecule has 0 bridgehead atoms. The molecular weight excluding hydrogens is 985 g/mol. The predicted octanol–water partition coefficient (Wildman–Crippen LogP) is 22.3. The largest absolute Gasteiger partial charge is 0.462 e. The van der Waals surface area contributed by atoms with Crippen LogP contribution in [-0.4, -0.2) is 37.2 Å². The number of allylic oxidation sites excluding steroid dienone is 28. The van der Waals surface area contributed by atoms with Crippen LogP contribution in [0.25, 0.3) is 0 Å². The minimum absolute atomic E-state index is 0.109. The lowest BCUT2D eigenvalue weighted by Gasteiger charge is -2.18. The molecule has 6 nitrogen and oxygen atoms in total. The van der Waals surface area contributed by atoms with Crippen molar-refractivity contribution in [2.45, 2.75) is 264 Å². The van der Waals surface area contributed by atoms with Crippen LogP contribution < -0.4 is 0 Å². The molecule has 0 aliphatic rings. The Bertz CT molecular complexity index is 1840. The van der Waals surface area contributed by atoms with Gasteiger partial charge in [0.05, 0.1) is 0 Å². The van der Waals surface area contributed by atoms with E-state index < -0.39 is 6.10 Å². The molecule has 0 aliphatic carbocycles. The van der Waals surface area contributed by atoms with Crippen LogP contribution in [0.5, 0.6) is 0 Å². The highest BCUT2D eigenvalue weighted by Crippen LogP contribution is 2.14.